The van der Waals surface area contributed by atoms with Crippen molar-refractivity contribution in [2.75, 3.05) is 19.6 Å². The molecule has 5 aromatic rings. The van der Waals surface area contributed by atoms with E-state index in [9.17, 15) is 38.4 Å². The maximum atomic E-state index is 12.4. The molecule has 0 atom stereocenters. The molecular formula is C48H30N4O8. The number of amides is 8. The molecule has 60 heavy (non-hydrogen) atoms. The summed E-state index contributed by atoms with van der Waals surface area (Å²) in [4.78, 5) is 104. The zero-order valence-electron chi connectivity index (χ0n) is 31.4. The lowest BCUT2D eigenvalue weighted by Crippen LogP contribution is -2.29. The van der Waals surface area contributed by atoms with E-state index in [0.29, 0.717) is 22.7 Å². The molecule has 4 aliphatic heterocycles. The summed E-state index contributed by atoms with van der Waals surface area (Å²) in [5.74, 6) is -4.20. The van der Waals surface area contributed by atoms with Crippen LogP contribution in [0.15, 0.2) is 170 Å². The maximum Gasteiger partial charge on any atom is 0.258 e. The average Bonchev–Trinajstić information content (AvgIpc) is 4.00. The van der Waals surface area contributed by atoms with Gasteiger partial charge in [0.1, 0.15) is 0 Å². The van der Waals surface area contributed by atoms with Gasteiger partial charge in [-0.2, -0.15) is 0 Å². The number of rotatable bonds is 10. The molecule has 0 spiro atoms. The van der Waals surface area contributed by atoms with Crippen molar-refractivity contribution < 1.29 is 38.4 Å². The van der Waals surface area contributed by atoms with Gasteiger partial charge in [-0.1, -0.05) is 72.8 Å². The number of nitrogens with zero attached hydrogens (tertiary/aromatic N) is 4. The Morgan fingerprint density at radius 1 is 0.217 bits per heavy atom. The third-order valence-corrected chi connectivity index (χ3v) is 10.8. The highest BCUT2D eigenvalue weighted by Gasteiger charge is 2.30. The molecule has 5 aromatic carbocycles. The van der Waals surface area contributed by atoms with Crippen LogP contribution in [0.4, 0.5) is 22.7 Å². The molecular weight excluding hydrogens is 761 g/mol. The van der Waals surface area contributed by atoms with E-state index in [0.717, 1.165) is 53.0 Å². The Bertz CT molecular complexity index is 2360. The van der Waals surface area contributed by atoms with E-state index in [2.05, 4.69) is 0 Å². The van der Waals surface area contributed by atoms with Gasteiger partial charge in [-0.3, -0.25) is 38.4 Å². The van der Waals surface area contributed by atoms with Crippen molar-refractivity contribution in [2.24, 2.45) is 0 Å². The van der Waals surface area contributed by atoms with Gasteiger partial charge in [0.05, 0.1) is 22.7 Å². The van der Waals surface area contributed by atoms with Gasteiger partial charge < -0.3 is 0 Å². The van der Waals surface area contributed by atoms with Gasteiger partial charge in [-0.05, 0) is 81.9 Å². The molecule has 0 saturated carbocycles. The van der Waals surface area contributed by atoms with Gasteiger partial charge in [-0.25, -0.2) is 19.6 Å². The predicted molar refractivity (Wildman–Crippen MR) is 221 cm³/mol. The Kier molecular flexibility index (Phi) is 9.21. The molecule has 0 unspecified atom stereocenters. The monoisotopic (exact) mass is 790 g/mol. The Morgan fingerprint density at radius 3 is 0.500 bits per heavy atom. The van der Waals surface area contributed by atoms with E-state index in [1.165, 1.54) is 48.6 Å². The Morgan fingerprint density at radius 2 is 0.350 bits per heavy atom. The molecule has 290 valence electrons. The third-order valence-electron chi connectivity index (χ3n) is 10.8. The van der Waals surface area contributed by atoms with Gasteiger partial charge in [0.15, 0.2) is 0 Å². The quantitative estimate of drug-likeness (QED) is 0.128. The highest BCUT2D eigenvalue weighted by Crippen LogP contribution is 2.39. The molecule has 4 heterocycles. The van der Waals surface area contributed by atoms with Crippen LogP contribution in [-0.4, -0.2) is 47.3 Å². The highest BCUT2D eigenvalue weighted by molar-refractivity contribution is 6.30. The summed E-state index contributed by atoms with van der Waals surface area (Å²) in [5.41, 5.74) is 6.80. The van der Waals surface area contributed by atoms with Crippen molar-refractivity contribution in [1.29, 1.82) is 0 Å². The second-order valence-corrected chi connectivity index (χ2v) is 14.3. The molecule has 0 aliphatic carbocycles. The standard InChI is InChI=1S/C48H30N4O8/c53-39-21-22-40(54)49(39)35-13-5-31(6-14-35)47(32-7-15-36(16-8-32)50-41(55)23-24-42(50)56)29-1-2-30(4-3-29)48(33-9-17-37(18-10-33)51-43(57)25-26-44(51)58)34-11-19-38(20-12-34)52-45(59)27-28-46(52)60/h1-28,47-48H. The van der Waals surface area contributed by atoms with Crippen molar-refractivity contribution in [3.8, 4) is 0 Å². The summed E-state index contributed by atoms with van der Waals surface area (Å²) in [5, 5.41) is 0. The van der Waals surface area contributed by atoms with Crippen LogP contribution in [-0.2, 0) is 38.4 Å². The van der Waals surface area contributed by atoms with Gasteiger partial charge in [0, 0.05) is 60.4 Å². The molecule has 0 bridgehead atoms. The summed E-state index contributed by atoms with van der Waals surface area (Å²) in [6.45, 7) is 0. The Hall–Kier alpha value is -8.38. The van der Waals surface area contributed by atoms with Crippen LogP contribution in [0.2, 0.25) is 0 Å². The first-order valence-electron chi connectivity index (χ1n) is 18.8. The molecule has 4 aliphatic rings. The summed E-state index contributed by atoms with van der Waals surface area (Å²) in [7, 11) is 0. The largest absolute Gasteiger partial charge is 0.269 e. The van der Waals surface area contributed by atoms with Crippen LogP contribution < -0.4 is 19.6 Å². The Balaban J connectivity index is 1.09. The number of benzene rings is 5. The lowest BCUT2D eigenvalue weighted by molar-refractivity contribution is -0.121. The molecule has 0 saturated heterocycles. The van der Waals surface area contributed by atoms with Crippen LogP contribution in [0.25, 0.3) is 0 Å². The zero-order chi connectivity index (χ0) is 41.7. The molecule has 0 radical (unpaired) electrons. The van der Waals surface area contributed by atoms with Crippen molar-refractivity contribution in [3.05, 3.63) is 203 Å². The normalized spacial score (nSPS) is 16.2. The molecule has 8 amide bonds. The molecule has 0 N–H and O–H groups in total. The second-order valence-electron chi connectivity index (χ2n) is 14.3. The van der Waals surface area contributed by atoms with Gasteiger partial charge in [-0.15, -0.1) is 0 Å². The summed E-state index contributed by atoms with van der Waals surface area (Å²) in [6, 6.07) is 36.4. The van der Waals surface area contributed by atoms with Crippen LogP contribution in [0, 0.1) is 0 Å². The lowest BCUT2D eigenvalue weighted by atomic mass is 9.81. The minimum absolute atomic E-state index is 0.376. The zero-order valence-corrected chi connectivity index (χ0v) is 31.4. The molecule has 0 aromatic heterocycles. The number of hydrogen-bond donors (Lipinski definition) is 0. The summed E-state index contributed by atoms with van der Waals surface area (Å²) < 4.78 is 0. The molecule has 12 nitrogen and oxygen atoms in total. The molecule has 12 heteroatoms. The predicted octanol–water partition coefficient (Wildman–Crippen LogP) is 5.76. The second kappa shape index (κ2) is 14.8. The minimum atomic E-state index is -0.431. The van der Waals surface area contributed by atoms with Crippen LogP contribution in [0.1, 0.15) is 45.2 Å². The first-order chi connectivity index (χ1) is 29.0. The molecule has 9 rings (SSSR count). The highest BCUT2D eigenvalue weighted by atomic mass is 16.2. The third kappa shape index (κ3) is 6.57. The van der Waals surface area contributed by atoms with Crippen LogP contribution in [0.3, 0.4) is 0 Å². The van der Waals surface area contributed by atoms with Crippen LogP contribution in [0.5, 0.6) is 0 Å². The number of imide groups is 4. The number of hydrogen-bond acceptors (Lipinski definition) is 8. The topological polar surface area (TPSA) is 150 Å². The fourth-order valence-electron chi connectivity index (χ4n) is 7.92. The first-order valence-corrected chi connectivity index (χ1v) is 18.8. The smallest absolute Gasteiger partial charge is 0.258 e. The van der Waals surface area contributed by atoms with Gasteiger partial charge in [0.25, 0.3) is 47.3 Å². The fourth-order valence-corrected chi connectivity index (χ4v) is 7.92. The fraction of sp³-hybridized carbons (Fsp3) is 0.0417. The van der Waals surface area contributed by atoms with Crippen molar-refractivity contribution >= 4 is 70.0 Å². The summed E-state index contributed by atoms with van der Waals surface area (Å²) >= 11 is 0. The van der Waals surface area contributed by atoms with Crippen LogP contribution >= 0.6 is 0 Å². The minimum Gasteiger partial charge on any atom is -0.269 e. The van der Waals surface area contributed by atoms with E-state index < -0.39 is 47.3 Å². The van der Waals surface area contributed by atoms with Crippen molar-refractivity contribution in [1.82, 2.24) is 0 Å². The van der Waals surface area contributed by atoms with E-state index in [1.807, 2.05) is 72.8 Å². The lowest BCUT2D eigenvalue weighted by Gasteiger charge is -2.24. The number of anilines is 4. The summed E-state index contributed by atoms with van der Waals surface area (Å²) in [6.07, 6.45) is 9.80. The van der Waals surface area contributed by atoms with E-state index in [1.54, 1.807) is 48.5 Å². The Labute approximate surface area is 342 Å². The van der Waals surface area contributed by atoms with Crippen molar-refractivity contribution in [3.63, 3.8) is 0 Å². The number of carbonyl (C=O) groups excluding carboxylic acids is 8. The van der Waals surface area contributed by atoms with Crippen molar-refractivity contribution in [2.45, 2.75) is 11.8 Å². The molecule has 0 fully saturated rings. The number of carbonyl (C=O) groups is 8. The van der Waals surface area contributed by atoms with E-state index >= 15 is 0 Å². The van der Waals surface area contributed by atoms with E-state index in [-0.39, 0.29) is 11.8 Å². The average molecular weight is 791 g/mol. The maximum absolute atomic E-state index is 12.4. The SMILES string of the molecule is O=C1C=CC(=O)N1c1ccc(C(c2ccc(C(c3ccc(N4C(=O)C=CC4=O)cc3)c3ccc(N4C(=O)C=CC4=O)cc3)cc2)c2ccc(N3C(=O)C=CC3=O)cc2)cc1. The van der Waals surface area contributed by atoms with E-state index in [4.69, 9.17) is 0 Å². The van der Waals surface area contributed by atoms with Gasteiger partial charge >= 0.3 is 0 Å². The van der Waals surface area contributed by atoms with Gasteiger partial charge in [0.2, 0.25) is 0 Å². The first kappa shape index (κ1) is 37.2.